The molecular weight excluding hydrogens is 300 g/mol. The Labute approximate surface area is 136 Å². The number of ether oxygens (including phenoxy) is 3. The third-order valence-corrected chi connectivity index (χ3v) is 4.59. The Kier molecular flexibility index (Phi) is 4.62. The van der Waals surface area contributed by atoms with Gasteiger partial charge in [0.1, 0.15) is 12.2 Å². The van der Waals surface area contributed by atoms with Crippen LogP contribution in [0.3, 0.4) is 0 Å². The number of hydrogen-bond donors (Lipinski definition) is 0. The molecular formula is C16H26N2O5. The van der Waals surface area contributed by atoms with Crippen LogP contribution in [0, 0.1) is 0 Å². The Balaban J connectivity index is 1.67. The number of rotatable bonds is 2. The highest BCUT2D eigenvalue weighted by atomic mass is 16.6. The molecule has 0 aliphatic carbocycles. The van der Waals surface area contributed by atoms with Crippen LogP contribution in [0.25, 0.3) is 0 Å². The molecule has 1 unspecified atom stereocenters. The van der Waals surface area contributed by atoms with E-state index in [-0.39, 0.29) is 25.0 Å². The molecule has 0 aromatic rings. The maximum Gasteiger partial charge on any atom is 0.249 e. The van der Waals surface area contributed by atoms with Crippen LogP contribution in [0.2, 0.25) is 0 Å². The van der Waals surface area contributed by atoms with Crippen LogP contribution >= 0.6 is 0 Å². The molecule has 0 bridgehead atoms. The van der Waals surface area contributed by atoms with Crippen molar-refractivity contribution in [3.63, 3.8) is 0 Å². The zero-order valence-electron chi connectivity index (χ0n) is 14.0. The Morgan fingerprint density at radius 3 is 2.74 bits per heavy atom. The second kappa shape index (κ2) is 6.37. The smallest absolute Gasteiger partial charge is 0.249 e. The summed E-state index contributed by atoms with van der Waals surface area (Å²) in [7, 11) is 0. The summed E-state index contributed by atoms with van der Waals surface area (Å²) >= 11 is 0. The van der Waals surface area contributed by atoms with Crippen molar-refractivity contribution in [1.29, 1.82) is 0 Å². The van der Waals surface area contributed by atoms with Crippen molar-refractivity contribution < 1.29 is 23.8 Å². The molecule has 2 amide bonds. The molecule has 3 fully saturated rings. The average molecular weight is 326 g/mol. The lowest BCUT2D eigenvalue weighted by Crippen LogP contribution is -2.64. The molecule has 3 aliphatic heterocycles. The minimum Gasteiger partial charge on any atom is -0.378 e. The van der Waals surface area contributed by atoms with E-state index in [1.807, 2.05) is 18.7 Å². The maximum absolute atomic E-state index is 12.7. The molecule has 0 aromatic heterocycles. The molecule has 3 heterocycles. The van der Waals surface area contributed by atoms with Gasteiger partial charge in [-0.3, -0.25) is 9.59 Å². The fourth-order valence-electron chi connectivity index (χ4n) is 3.70. The molecule has 3 rings (SSSR count). The van der Waals surface area contributed by atoms with Crippen molar-refractivity contribution in [2.24, 2.45) is 0 Å². The van der Waals surface area contributed by atoms with E-state index in [1.54, 1.807) is 4.90 Å². The monoisotopic (exact) mass is 326 g/mol. The van der Waals surface area contributed by atoms with Gasteiger partial charge in [0.05, 0.1) is 31.9 Å². The van der Waals surface area contributed by atoms with Gasteiger partial charge in [0.2, 0.25) is 11.8 Å². The lowest BCUT2D eigenvalue weighted by Gasteiger charge is -2.51. The molecule has 1 spiro atoms. The van der Waals surface area contributed by atoms with Crippen LogP contribution in [0.4, 0.5) is 0 Å². The molecule has 7 nitrogen and oxygen atoms in total. The molecule has 0 aromatic carbocycles. The van der Waals surface area contributed by atoms with Crippen molar-refractivity contribution in [2.45, 2.75) is 37.9 Å². The molecule has 3 aliphatic rings. The molecule has 3 saturated heterocycles. The van der Waals surface area contributed by atoms with E-state index in [1.165, 1.54) is 0 Å². The van der Waals surface area contributed by atoms with Crippen LogP contribution in [0.5, 0.6) is 0 Å². The minimum absolute atomic E-state index is 0.0263. The van der Waals surface area contributed by atoms with Crippen molar-refractivity contribution in [2.75, 3.05) is 52.6 Å². The van der Waals surface area contributed by atoms with Crippen molar-refractivity contribution in [3.05, 3.63) is 0 Å². The van der Waals surface area contributed by atoms with Gasteiger partial charge in [-0.05, 0) is 26.7 Å². The molecule has 7 heteroatoms. The summed E-state index contributed by atoms with van der Waals surface area (Å²) in [6.45, 7) is 7.51. The predicted octanol–water partition coefficient (Wildman–Crippen LogP) is 0.0318. The van der Waals surface area contributed by atoms with Crippen LogP contribution in [-0.2, 0) is 23.8 Å². The highest BCUT2D eigenvalue weighted by Crippen LogP contribution is 2.34. The van der Waals surface area contributed by atoms with Gasteiger partial charge < -0.3 is 24.0 Å². The third kappa shape index (κ3) is 3.84. The largest absolute Gasteiger partial charge is 0.378 e. The second-order valence-electron chi connectivity index (χ2n) is 7.32. The van der Waals surface area contributed by atoms with Crippen molar-refractivity contribution in [1.82, 2.24) is 9.80 Å². The lowest BCUT2D eigenvalue weighted by molar-refractivity contribution is -0.232. The van der Waals surface area contributed by atoms with Crippen LogP contribution in [-0.4, -0.2) is 85.4 Å². The van der Waals surface area contributed by atoms with Gasteiger partial charge in [0.25, 0.3) is 0 Å². The van der Waals surface area contributed by atoms with E-state index < -0.39 is 11.2 Å². The molecule has 1 atom stereocenters. The van der Waals surface area contributed by atoms with Crippen molar-refractivity contribution >= 4 is 11.8 Å². The maximum atomic E-state index is 12.7. The third-order valence-electron chi connectivity index (χ3n) is 4.59. The van der Waals surface area contributed by atoms with E-state index in [2.05, 4.69) is 0 Å². The molecule has 0 saturated carbocycles. The predicted molar refractivity (Wildman–Crippen MR) is 81.9 cm³/mol. The standard InChI is InChI=1S/C16H26N2O5/c1-15(2)10-18(11-16(23-15)4-3-6-22-12-16)13(19)8-17-5-7-21-9-14(17)20/h3-12H2,1-2H3. The zero-order valence-corrected chi connectivity index (χ0v) is 14.0. The minimum atomic E-state index is -0.413. The Morgan fingerprint density at radius 2 is 2.04 bits per heavy atom. The van der Waals surface area contributed by atoms with E-state index in [4.69, 9.17) is 14.2 Å². The quantitative estimate of drug-likeness (QED) is 0.716. The van der Waals surface area contributed by atoms with Gasteiger partial charge in [-0.1, -0.05) is 0 Å². The first kappa shape index (κ1) is 16.7. The van der Waals surface area contributed by atoms with Gasteiger partial charge in [-0.25, -0.2) is 0 Å². The van der Waals surface area contributed by atoms with E-state index in [9.17, 15) is 9.59 Å². The number of amides is 2. The van der Waals surface area contributed by atoms with Gasteiger partial charge in [0, 0.05) is 19.7 Å². The normalized spacial score (nSPS) is 31.5. The van der Waals surface area contributed by atoms with Crippen LogP contribution in [0.15, 0.2) is 0 Å². The fraction of sp³-hybridized carbons (Fsp3) is 0.875. The fourth-order valence-corrected chi connectivity index (χ4v) is 3.70. The second-order valence-corrected chi connectivity index (χ2v) is 7.32. The van der Waals surface area contributed by atoms with Gasteiger partial charge in [-0.15, -0.1) is 0 Å². The highest BCUT2D eigenvalue weighted by molar-refractivity contribution is 5.85. The molecule has 23 heavy (non-hydrogen) atoms. The van der Waals surface area contributed by atoms with Gasteiger partial charge >= 0.3 is 0 Å². The topological polar surface area (TPSA) is 68.3 Å². The summed E-state index contributed by atoms with van der Waals surface area (Å²) in [5.74, 6) is -0.144. The Morgan fingerprint density at radius 1 is 1.22 bits per heavy atom. The summed E-state index contributed by atoms with van der Waals surface area (Å²) in [4.78, 5) is 28.0. The number of nitrogens with zero attached hydrogens (tertiary/aromatic N) is 2. The first-order valence-electron chi connectivity index (χ1n) is 8.30. The van der Waals surface area contributed by atoms with E-state index >= 15 is 0 Å². The SMILES string of the molecule is CC1(C)CN(C(=O)CN2CCOCC2=O)CC2(CCCOC2)O1. The van der Waals surface area contributed by atoms with Crippen molar-refractivity contribution in [3.8, 4) is 0 Å². The first-order chi connectivity index (χ1) is 10.9. The van der Waals surface area contributed by atoms with Gasteiger partial charge in [-0.2, -0.15) is 0 Å². The molecule has 0 N–H and O–H groups in total. The number of hydrogen-bond acceptors (Lipinski definition) is 5. The van der Waals surface area contributed by atoms with Gasteiger partial charge in [0.15, 0.2) is 0 Å². The number of carbonyl (C=O) groups excluding carboxylic acids is 2. The molecule has 0 radical (unpaired) electrons. The summed E-state index contributed by atoms with van der Waals surface area (Å²) in [5, 5.41) is 0. The highest BCUT2D eigenvalue weighted by Gasteiger charge is 2.47. The first-order valence-corrected chi connectivity index (χ1v) is 8.30. The Bertz CT molecular complexity index is 473. The number of carbonyl (C=O) groups is 2. The van der Waals surface area contributed by atoms with E-state index in [0.29, 0.717) is 32.8 Å². The number of morpholine rings is 2. The van der Waals surface area contributed by atoms with E-state index in [0.717, 1.165) is 19.4 Å². The summed E-state index contributed by atoms with van der Waals surface area (Å²) in [6, 6.07) is 0. The summed E-state index contributed by atoms with van der Waals surface area (Å²) < 4.78 is 17.0. The summed E-state index contributed by atoms with van der Waals surface area (Å²) in [6.07, 6.45) is 1.84. The van der Waals surface area contributed by atoms with Crippen LogP contribution < -0.4 is 0 Å². The zero-order chi connectivity index (χ0) is 16.5. The Hall–Kier alpha value is -1.18. The lowest BCUT2D eigenvalue weighted by atomic mass is 9.90. The average Bonchev–Trinajstić information content (AvgIpc) is 2.48. The van der Waals surface area contributed by atoms with Crippen LogP contribution in [0.1, 0.15) is 26.7 Å². The molecule has 130 valence electrons. The summed E-state index contributed by atoms with van der Waals surface area (Å²) in [5.41, 5.74) is -0.825.